The summed E-state index contributed by atoms with van der Waals surface area (Å²) in [6.45, 7) is 2.54. The molecule has 2 aromatic rings. The van der Waals surface area contributed by atoms with Crippen molar-refractivity contribution in [2.24, 2.45) is 0 Å². The number of hydrogen-bond acceptors (Lipinski definition) is 4. The van der Waals surface area contributed by atoms with Gasteiger partial charge in [0.05, 0.1) is 4.90 Å². The highest BCUT2D eigenvalue weighted by atomic mass is 32.2. The zero-order chi connectivity index (χ0) is 13.0. The van der Waals surface area contributed by atoms with Crippen molar-refractivity contribution in [3.05, 3.63) is 47.5 Å². The molecule has 18 heavy (non-hydrogen) atoms. The molecule has 1 aromatic heterocycles. The van der Waals surface area contributed by atoms with Gasteiger partial charge in [0.2, 0.25) is 0 Å². The molecule has 5 heteroatoms. The average Bonchev–Trinajstić information content (AvgIpc) is 2.36. The molecule has 0 bridgehead atoms. The third-order valence-corrected chi connectivity index (χ3v) is 3.42. The minimum absolute atomic E-state index is 0.239. The molecule has 2 rings (SSSR count). The molecule has 0 aliphatic rings. The van der Waals surface area contributed by atoms with Crippen LogP contribution in [0.15, 0.2) is 40.6 Å². The fourth-order valence-corrected chi connectivity index (χ4v) is 2.35. The fourth-order valence-electron chi connectivity index (χ4n) is 1.52. The van der Waals surface area contributed by atoms with Crippen molar-refractivity contribution in [2.45, 2.75) is 23.5 Å². The molecule has 0 spiro atoms. The van der Waals surface area contributed by atoms with Crippen LogP contribution in [-0.2, 0) is 6.54 Å². The number of halogens is 1. The first-order valence-corrected chi connectivity index (χ1v) is 6.41. The lowest BCUT2D eigenvalue weighted by atomic mass is 10.2. The zero-order valence-corrected chi connectivity index (χ0v) is 11.1. The van der Waals surface area contributed by atoms with Crippen molar-refractivity contribution in [1.29, 1.82) is 0 Å². The van der Waals surface area contributed by atoms with E-state index >= 15 is 0 Å². The van der Waals surface area contributed by atoms with Gasteiger partial charge in [-0.2, -0.15) is 0 Å². The van der Waals surface area contributed by atoms with Crippen LogP contribution in [0.3, 0.4) is 0 Å². The largest absolute Gasteiger partial charge is 0.316 e. The fraction of sp³-hybridized carbons (Fsp3) is 0.231. The van der Waals surface area contributed by atoms with Gasteiger partial charge in [-0.25, -0.2) is 14.4 Å². The number of nitrogens with one attached hydrogen (secondary N) is 1. The molecule has 0 saturated heterocycles. The van der Waals surface area contributed by atoms with Crippen molar-refractivity contribution in [1.82, 2.24) is 15.3 Å². The Balaban J connectivity index is 2.30. The summed E-state index contributed by atoms with van der Waals surface area (Å²) >= 11 is 1.25. The van der Waals surface area contributed by atoms with E-state index in [1.165, 1.54) is 17.8 Å². The molecule has 0 aliphatic carbocycles. The Hall–Kier alpha value is -1.46. The predicted octanol–water partition coefficient (Wildman–Crippen LogP) is 2.79. The molecule has 0 fully saturated rings. The molecule has 0 saturated carbocycles. The monoisotopic (exact) mass is 263 g/mol. The van der Waals surface area contributed by atoms with E-state index in [4.69, 9.17) is 0 Å². The minimum atomic E-state index is -0.239. The second-order valence-electron chi connectivity index (χ2n) is 3.90. The minimum Gasteiger partial charge on any atom is -0.316 e. The molecule has 0 aliphatic heterocycles. The van der Waals surface area contributed by atoms with Gasteiger partial charge < -0.3 is 5.32 Å². The summed E-state index contributed by atoms with van der Waals surface area (Å²) in [6.07, 6.45) is 3.46. The molecule has 1 heterocycles. The van der Waals surface area contributed by atoms with Gasteiger partial charge >= 0.3 is 0 Å². The van der Waals surface area contributed by atoms with Gasteiger partial charge in [0, 0.05) is 18.9 Å². The summed E-state index contributed by atoms with van der Waals surface area (Å²) in [5.74, 6) is -0.239. The predicted molar refractivity (Wildman–Crippen MR) is 70.1 cm³/mol. The standard InChI is InChI=1S/C13H14FN3S/c1-9-6-16-13(17-7-9)18-12-10(8-15-2)4-3-5-11(12)14/h3-7,15H,8H2,1-2H3. The molecular weight excluding hydrogens is 249 g/mol. The highest BCUT2D eigenvalue weighted by Gasteiger charge is 2.11. The molecular formula is C13H14FN3S. The first-order valence-electron chi connectivity index (χ1n) is 5.59. The molecule has 0 unspecified atom stereocenters. The van der Waals surface area contributed by atoms with Crippen LogP contribution in [0.4, 0.5) is 4.39 Å². The maximum atomic E-state index is 13.8. The Kier molecular flexibility index (Phi) is 4.28. The van der Waals surface area contributed by atoms with Gasteiger partial charge in [0.1, 0.15) is 5.82 Å². The van der Waals surface area contributed by atoms with Crippen LogP contribution in [0, 0.1) is 12.7 Å². The molecule has 94 valence electrons. The molecule has 1 aromatic carbocycles. The summed E-state index contributed by atoms with van der Waals surface area (Å²) in [7, 11) is 1.84. The van der Waals surface area contributed by atoms with Crippen LogP contribution in [0.25, 0.3) is 0 Å². The highest BCUT2D eigenvalue weighted by molar-refractivity contribution is 7.99. The van der Waals surface area contributed by atoms with Crippen molar-refractivity contribution in [2.75, 3.05) is 7.05 Å². The van der Waals surface area contributed by atoms with E-state index < -0.39 is 0 Å². The summed E-state index contributed by atoms with van der Waals surface area (Å²) in [5, 5.41) is 3.58. The first kappa shape index (κ1) is 13.0. The Labute approximate surface area is 110 Å². The van der Waals surface area contributed by atoms with E-state index in [2.05, 4.69) is 15.3 Å². The van der Waals surface area contributed by atoms with Gasteiger partial charge in [0.25, 0.3) is 0 Å². The van der Waals surface area contributed by atoms with E-state index in [9.17, 15) is 4.39 Å². The maximum absolute atomic E-state index is 13.8. The van der Waals surface area contributed by atoms with Crippen molar-refractivity contribution in [3.8, 4) is 0 Å². The lowest BCUT2D eigenvalue weighted by Gasteiger charge is -2.08. The zero-order valence-electron chi connectivity index (χ0n) is 10.3. The summed E-state index contributed by atoms with van der Waals surface area (Å²) in [5.41, 5.74) is 1.90. The number of nitrogens with zero attached hydrogens (tertiary/aromatic N) is 2. The highest BCUT2D eigenvalue weighted by Crippen LogP contribution is 2.30. The third kappa shape index (κ3) is 3.05. The van der Waals surface area contributed by atoms with E-state index in [0.717, 1.165) is 11.1 Å². The molecule has 3 nitrogen and oxygen atoms in total. The van der Waals surface area contributed by atoms with Gasteiger partial charge in [-0.15, -0.1) is 0 Å². The van der Waals surface area contributed by atoms with E-state index in [-0.39, 0.29) is 5.82 Å². The van der Waals surface area contributed by atoms with Crippen LogP contribution in [-0.4, -0.2) is 17.0 Å². The van der Waals surface area contributed by atoms with Crippen LogP contribution in [0.2, 0.25) is 0 Å². The number of benzene rings is 1. The average molecular weight is 263 g/mol. The summed E-state index contributed by atoms with van der Waals surface area (Å²) < 4.78 is 13.8. The number of aromatic nitrogens is 2. The van der Waals surface area contributed by atoms with Crippen LogP contribution in [0.1, 0.15) is 11.1 Å². The number of rotatable bonds is 4. The lowest BCUT2D eigenvalue weighted by Crippen LogP contribution is -2.07. The van der Waals surface area contributed by atoms with Gasteiger partial charge in [-0.05, 0) is 42.9 Å². The Morgan fingerprint density at radius 3 is 2.67 bits per heavy atom. The molecule has 0 amide bonds. The Morgan fingerprint density at radius 2 is 2.00 bits per heavy atom. The maximum Gasteiger partial charge on any atom is 0.192 e. The topological polar surface area (TPSA) is 37.8 Å². The molecule has 1 N–H and O–H groups in total. The summed E-state index contributed by atoms with van der Waals surface area (Å²) in [6, 6.07) is 5.06. The van der Waals surface area contributed by atoms with Crippen molar-refractivity contribution < 1.29 is 4.39 Å². The Bertz CT molecular complexity index is 528. The van der Waals surface area contributed by atoms with Crippen molar-refractivity contribution in [3.63, 3.8) is 0 Å². The van der Waals surface area contributed by atoms with E-state index in [0.29, 0.717) is 16.6 Å². The SMILES string of the molecule is CNCc1cccc(F)c1Sc1ncc(C)cn1. The molecule has 0 atom stereocenters. The smallest absolute Gasteiger partial charge is 0.192 e. The van der Waals surface area contributed by atoms with Crippen molar-refractivity contribution >= 4 is 11.8 Å². The van der Waals surface area contributed by atoms with Crippen LogP contribution < -0.4 is 5.32 Å². The van der Waals surface area contributed by atoms with Gasteiger partial charge in [0.15, 0.2) is 5.16 Å². The normalized spacial score (nSPS) is 10.6. The summed E-state index contributed by atoms with van der Waals surface area (Å²) in [4.78, 5) is 8.94. The second kappa shape index (κ2) is 5.93. The van der Waals surface area contributed by atoms with E-state index in [1.807, 2.05) is 20.0 Å². The number of aryl methyl sites for hydroxylation is 1. The quantitative estimate of drug-likeness (QED) is 0.861. The number of hydrogen-bond donors (Lipinski definition) is 1. The van der Waals surface area contributed by atoms with Crippen LogP contribution >= 0.6 is 11.8 Å². The van der Waals surface area contributed by atoms with Gasteiger partial charge in [-0.1, -0.05) is 12.1 Å². The first-order chi connectivity index (χ1) is 8.70. The van der Waals surface area contributed by atoms with E-state index in [1.54, 1.807) is 18.5 Å². The van der Waals surface area contributed by atoms with Crippen LogP contribution in [0.5, 0.6) is 0 Å². The Morgan fingerprint density at radius 1 is 1.28 bits per heavy atom. The molecule has 0 radical (unpaired) electrons. The lowest BCUT2D eigenvalue weighted by molar-refractivity contribution is 0.594. The second-order valence-corrected chi connectivity index (χ2v) is 4.88. The third-order valence-electron chi connectivity index (χ3n) is 2.37. The van der Waals surface area contributed by atoms with Gasteiger partial charge in [-0.3, -0.25) is 0 Å².